The van der Waals surface area contributed by atoms with Crippen LogP contribution in [-0.4, -0.2) is 30.1 Å². The van der Waals surface area contributed by atoms with Gasteiger partial charge < -0.3 is 24.4 Å². The first kappa shape index (κ1) is 13.2. The van der Waals surface area contributed by atoms with Gasteiger partial charge in [0.1, 0.15) is 11.8 Å². The zero-order valence-electron chi connectivity index (χ0n) is 12.8. The predicted octanol–water partition coefficient (Wildman–Crippen LogP) is 2.89. The minimum Gasteiger partial charge on any atom is -0.633 e. The van der Waals surface area contributed by atoms with Crippen molar-refractivity contribution in [2.45, 2.75) is 18.9 Å². The van der Waals surface area contributed by atoms with E-state index in [1.165, 1.54) is 0 Å². The van der Waals surface area contributed by atoms with Gasteiger partial charge in [0.25, 0.3) is 0 Å². The summed E-state index contributed by atoms with van der Waals surface area (Å²) in [6.07, 6.45) is 1.36. The van der Waals surface area contributed by atoms with Gasteiger partial charge in [0.2, 0.25) is 6.79 Å². The monoisotopic (exact) mass is 311 g/mol. The third kappa shape index (κ3) is 1.63. The molecule has 0 radical (unpaired) electrons. The lowest BCUT2D eigenvalue weighted by molar-refractivity contribution is -0.894. The zero-order chi connectivity index (χ0) is 15.8. The molecule has 2 atom stereocenters. The van der Waals surface area contributed by atoms with Crippen LogP contribution in [0.4, 0.5) is 0 Å². The second kappa shape index (κ2) is 4.19. The van der Waals surface area contributed by atoms with Gasteiger partial charge in [-0.25, -0.2) is 0 Å². The standard InChI is InChI=1S/C18H17NO4/c1-19(21)6-5-11-8-14-18(23-9-22-14)17-15(11)12(19)7-10-3-2-4-13(20)16(10)17/h2-4,8,12,20H,5-7,9H2,1H3/t12?,19-/m1/s1. The number of hydroxylamine groups is 3. The number of hydrogen-bond acceptors (Lipinski definition) is 4. The summed E-state index contributed by atoms with van der Waals surface area (Å²) in [6.45, 7) is 0.743. The number of fused-ring (bicyclic) bond motifs is 4. The van der Waals surface area contributed by atoms with E-state index in [1.807, 2.05) is 18.2 Å². The molecule has 2 aromatic rings. The fourth-order valence-electron chi connectivity index (χ4n) is 4.27. The third-order valence-corrected chi connectivity index (χ3v) is 5.40. The Morgan fingerprint density at radius 3 is 2.96 bits per heavy atom. The van der Waals surface area contributed by atoms with E-state index in [0.717, 1.165) is 40.0 Å². The van der Waals surface area contributed by atoms with Crippen LogP contribution in [0.3, 0.4) is 0 Å². The Bertz CT molecular complexity index is 843. The molecule has 5 heteroatoms. The second-order valence-corrected chi connectivity index (χ2v) is 6.74. The normalized spacial score (nSPS) is 26.6. The number of hydrogen-bond donors (Lipinski definition) is 1. The first-order chi connectivity index (χ1) is 11.1. The molecule has 5 rings (SSSR count). The lowest BCUT2D eigenvalue weighted by Gasteiger charge is -2.51. The van der Waals surface area contributed by atoms with E-state index < -0.39 is 0 Å². The molecule has 1 aliphatic carbocycles. The molecule has 1 unspecified atom stereocenters. The first-order valence-electron chi connectivity index (χ1n) is 7.89. The molecule has 0 bridgehead atoms. The molecule has 118 valence electrons. The summed E-state index contributed by atoms with van der Waals surface area (Å²) < 4.78 is 11.0. The molecule has 0 aromatic heterocycles. The largest absolute Gasteiger partial charge is 0.633 e. The second-order valence-electron chi connectivity index (χ2n) is 6.74. The lowest BCUT2D eigenvalue weighted by atomic mass is 9.76. The molecule has 0 saturated heterocycles. The van der Waals surface area contributed by atoms with E-state index in [9.17, 15) is 10.3 Å². The van der Waals surface area contributed by atoms with Crippen molar-refractivity contribution in [2.75, 3.05) is 20.4 Å². The smallest absolute Gasteiger partial charge is 0.231 e. The van der Waals surface area contributed by atoms with Crippen molar-refractivity contribution in [3.8, 4) is 28.4 Å². The summed E-state index contributed by atoms with van der Waals surface area (Å²) in [5.41, 5.74) is 4.84. The maximum absolute atomic E-state index is 13.0. The van der Waals surface area contributed by atoms with Crippen LogP contribution in [0.15, 0.2) is 24.3 Å². The van der Waals surface area contributed by atoms with Gasteiger partial charge in [-0.2, -0.15) is 0 Å². The molecular formula is C18H17NO4. The Morgan fingerprint density at radius 1 is 1.22 bits per heavy atom. The van der Waals surface area contributed by atoms with Crippen molar-refractivity contribution in [2.24, 2.45) is 0 Å². The average molecular weight is 311 g/mol. The topological polar surface area (TPSA) is 61.8 Å². The molecule has 2 heterocycles. The van der Waals surface area contributed by atoms with Gasteiger partial charge in [-0.15, -0.1) is 0 Å². The highest BCUT2D eigenvalue weighted by Crippen LogP contribution is 2.56. The fraction of sp³-hybridized carbons (Fsp3) is 0.333. The van der Waals surface area contributed by atoms with Crippen LogP contribution < -0.4 is 9.47 Å². The van der Waals surface area contributed by atoms with E-state index in [2.05, 4.69) is 0 Å². The Labute approximate surface area is 133 Å². The van der Waals surface area contributed by atoms with Crippen molar-refractivity contribution < 1.29 is 19.2 Å². The number of rotatable bonds is 0. The summed E-state index contributed by atoms with van der Waals surface area (Å²) >= 11 is 0. The van der Waals surface area contributed by atoms with Gasteiger partial charge in [0.05, 0.1) is 13.6 Å². The van der Waals surface area contributed by atoms with Crippen LogP contribution in [0, 0.1) is 5.21 Å². The van der Waals surface area contributed by atoms with Crippen molar-refractivity contribution in [3.63, 3.8) is 0 Å². The zero-order valence-corrected chi connectivity index (χ0v) is 12.8. The van der Waals surface area contributed by atoms with Crippen LogP contribution >= 0.6 is 0 Å². The van der Waals surface area contributed by atoms with Crippen molar-refractivity contribution in [3.05, 3.63) is 46.2 Å². The van der Waals surface area contributed by atoms with Crippen LogP contribution in [0.2, 0.25) is 0 Å². The third-order valence-electron chi connectivity index (χ3n) is 5.40. The van der Waals surface area contributed by atoms with Crippen LogP contribution in [-0.2, 0) is 12.8 Å². The molecule has 0 saturated carbocycles. The molecule has 0 spiro atoms. The molecule has 5 nitrogen and oxygen atoms in total. The Kier molecular flexibility index (Phi) is 2.41. The number of quaternary nitrogens is 1. The van der Waals surface area contributed by atoms with Crippen molar-refractivity contribution in [1.29, 1.82) is 0 Å². The number of likely N-dealkylation sites (N-methyl/N-ethyl adjacent to an activating group) is 1. The number of phenolic OH excluding ortho intramolecular Hbond substituents is 1. The molecule has 1 N–H and O–H groups in total. The Morgan fingerprint density at radius 2 is 2.09 bits per heavy atom. The van der Waals surface area contributed by atoms with Gasteiger partial charge in [-0.05, 0) is 23.3 Å². The number of benzene rings is 2. The molecule has 2 aliphatic heterocycles. The highest BCUT2D eigenvalue weighted by Gasteiger charge is 2.43. The van der Waals surface area contributed by atoms with Gasteiger partial charge in [0, 0.05) is 29.5 Å². The van der Waals surface area contributed by atoms with E-state index >= 15 is 0 Å². The Balaban J connectivity index is 1.91. The summed E-state index contributed by atoms with van der Waals surface area (Å²) in [4.78, 5) is 0. The maximum atomic E-state index is 13.0. The Hall–Kier alpha value is -2.24. The molecule has 2 aromatic carbocycles. The molecule has 0 amide bonds. The van der Waals surface area contributed by atoms with Crippen LogP contribution in [0.1, 0.15) is 22.7 Å². The van der Waals surface area contributed by atoms with Gasteiger partial charge >= 0.3 is 0 Å². The first-order valence-corrected chi connectivity index (χ1v) is 7.89. The van der Waals surface area contributed by atoms with Crippen LogP contribution in [0.5, 0.6) is 17.2 Å². The minimum atomic E-state index is -0.283. The van der Waals surface area contributed by atoms with Gasteiger partial charge in [0.15, 0.2) is 11.5 Å². The fourth-order valence-corrected chi connectivity index (χ4v) is 4.27. The molecule has 23 heavy (non-hydrogen) atoms. The summed E-state index contributed by atoms with van der Waals surface area (Å²) in [5.74, 6) is 1.62. The van der Waals surface area contributed by atoms with Gasteiger partial charge in [-0.3, -0.25) is 0 Å². The highest BCUT2D eigenvalue weighted by atomic mass is 16.7. The van der Waals surface area contributed by atoms with Crippen molar-refractivity contribution in [1.82, 2.24) is 0 Å². The summed E-state index contributed by atoms with van der Waals surface area (Å²) in [6, 6.07) is 7.37. The number of ether oxygens (including phenoxy) is 2. The number of aromatic hydroxyl groups is 1. The molecule has 0 fully saturated rings. The maximum Gasteiger partial charge on any atom is 0.231 e. The SMILES string of the molecule is C[N@@+]1([O-])CCc2cc3c(c4c2C1Cc1cccc(O)c1-4)OCO3. The van der Waals surface area contributed by atoms with E-state index in [1.54, 1.807) is 13.1 Å². The molecule has 3 aliphatic rings. The lowest BCUT2D eigenvalue weighted by Crippen LogP contribution is -2.48. The number of nitrogens with zero attached hydrogens (tertiary/aromatic N) is 1. The van der Waals surface area contributed by atoms with Crippen molar-refractivity contribution >= 4 is 0 Å². The summed E-state index contributed by atoms with van der Waals surface area (Å²) in [7, 11) is 1.75. The van der Waals surface area contributed by atoms with Crippen LogP contribution in [0.25, 0.3) is 11.1 Å². The van der Waals surface area contributed by atoms with E-state index in [-0.39, 0.29) is 23.2 Å². The quantitative estimate of drug-likeness (QED) is 0.600. The number of phenols is 1. The minimum absolute atomic E-state index is 0.155. The molecular weight excluding hydrogens is 294 g/mol. The predicted molar refractivity (Wildman–Crippen MR) is 84.2 cm³/mol. The van der Waals surface area contributed by atoms with Gasteiger partial charge in [-0.1, -0.05) is 12.1 Å². The highest BCUT2D eigenvalue weighted by molar-refractivity contribution is 5.86. The average Bonchev–Trinajstić information content (AvgIpc) is 2.99. The summed E-state index contributed by atoms with van der Waals surface area (Å²) in [5, 5.41) is 23.5. The van der Waals surface area contributed by atoms with E-state index in [4.69, 9.17) is 9.47 Å². The van der Waals surface area contributed by atoms with E-state index in [0.29, 0.717) is 18.7 Å².